The largest absolute Gasteiger partial charge is 0.512 e. The molecule has 0 aliphatic heterocycles. The third-order valence-electron chi connectivity index (χ3n) is 1.16. The summed E-state index contributed by atoms with van der Waals surface area (Å²) < 4.78 is 0. The molecule has 0 bridgehead atoms. The van der Waals surface area contributed by atoms with Crippen molar-refractivity contribution in [2.24, 2.45) is 5.73 Å². The fraction of sp³-hybridized carbons (Fsp3) is 0.500. The van der Waals surface area contributed by atoms with E-state index in [0.717, 1.165) is 12.1 Å². The standard InChI is InChI=1S/C6H9NO.C2H6/c7-5-1-3-6(8)4-2-5;1-2/h1,3,8H,2,4,7H2;1-2H3. The van der Waals surface area contributed by atoms with Crippen molar-refractivity contribution in [2.75, 3.05) is 0 Å². The predicted octanol–water partition coefficient (Wildman–Crippen LogP) is 2.09. The molecule has 0 radical (unpaired) electrons. The van der Waals surface area contributed by atoms with E-state index in [1.54, 1.807) is 12.2 Å². The van der Waals surface area contributed by atoms with Gasteiger partial charge >= 0.3 is 0 Å². The lowest BCUT2D eigenvalue weighted by atomic mass is 10.1. The Labute approximate surface area is 62.0 Å². The molecule has 0 aromatic rings. The van der Waals surface area contributed by atoms with Crippen LogP contribution in [0.4, 0.5) is 0 Å². The Bertz CT molecular complexity index is 129. The Kier molecular flexibility index (Phi) is 4.46. The van der Waals surface area contributed by atoms with Gasteiger partial charge in [-0.05, 0) is 18.6 Å². The zero-order valence-corrected chi connectivity index (χ0v) is 6.59. The molecule has 1 aliphatic rings. The average Bonchev–Trinajstić information content (AvgIpc) is 2.00. The van der Waals surface area contributed by atoms with Crippen molar-refractivity contribution >= 4 is 0 Å². The zero-order valence-electron chi connectivity index (χ0n) is 6.59. The zero-order chi connectivity index (χ0) is 7.98. The van der Waals surface area contributed by atoms with Crippen LogP contribution in [0.5, 0.6) is 0 Å². The van der Waals surface area contributed by atoms with Crippen molar-refractivity contribution in [3.63, 3.8) is 0 Å². The Morgan fingerprint density at radius 2 is 1.90 bits per heavy atom. The lowest BCUT2D eigenvalue weighted by Gasteiger charge is -2.04. The quantitative estimate of drug-likeness (QED) is 0.542. The van der Waals surface area contributed by atoms with Crippen LogP contribution in [0.1, 0.15) is 26.7 Å². The first-order valence-electron chi connectivity index (χ1n) is 3.63. The van der Waals surface area contributed by atoms with Gasteiger partial charge in [0.2, 0.25) is 0 Å². The minimum atomic E-state index is 0.430. The van der Waals surface area contributed by atoms with E-state index in [0.29, 0.717) is 12.2 Å². The van der Waals surface area contributed by atoms with Crippen molar-refractivity contribution in [2.45, 2.75) is 26.7 Å². The molecule has 3 N–H and O–H groups in total. The van der Waals surface area contributed by atoms with Crippen LogP contribution in [0.25, 0.3) is 0 Å². The number of aliphatic hydroxyl groups excluding tert-OH is 1. The van der Waals surface area contributed by atoms with Crippen LogP contribution < -0.4 is 5.73 Å². The van der Waals surface area contributed by atoms with E-state index in [-0.39, 0.29) is 0 Å². The van der Waals surface area contributed by atoms with Crippen LogP contribution in [-0.2, 0) is 0 Å². The third kappa shape index (κ3) is 3.17. The molecule has 2 nitrogen and oxygen atoms in total. The van der Waals surface area contributed by atoms with Crippen LogP contribution in [0.15, 0.2) is 23.6 Å². The van der Waals surface area contributed by atoms with Gasteiger partial charge < -0.3 is 10.8 Å². The lowest BCUT2D eigenvalue weighted by Crippen LogP contribution is -2.00. The van der Waals surface area contributed by atoms with Gasteiger partial charge in [0.15, 0.2) is 0 Å². The van der Waals surface area contributed by atoms with Gasteiger partial charge in [-0.15, -0.1) is 0 Å². The van der Waals surface area contributed by atoms with E-state index in [4.69, 9.17) is 10.8 Å². The number of allylic oxidation sites excluding steroid dienone is 4. The normalized spacial score (nSPS) is 16.2. The summed E-state index contributed by atoms with van der Waals surface area (Å²) >= 11 is 0. The van der Waals surface area contributed by atoms with Crippen molar-refractivity contribution in [3.8, 4) is 0 Å². The number of nitrogens with two attached hydrogens (primary N) is 1. The Morgan fingerprint density at radius 1 is 1.30 bits per heavy atom. The van der Waals surface area contributed by atoms with Gasteiger partial charge in [-0.3, -0.25) is 0 Å². The minimum absolute atomic E-state index is 0.430. The second-order valence-electron chi connectivity index (χ2n) is 1.90. The smallest absolute Gasteiger partial charge is 0.0927 e. The molecule has 0 fully saturated rings. The van der Waals surface area contributed by atoms with Gasteiger partial charge in [0.05, 0.1) is 5.76 Å². The lowest BCUT2D eigenvalue weighted by molar-refractivity contribution is 0.385. The molecular formula is C8H15NO. The molecule has 2 heteroatoms. The van der Waals surface area contributed by atoms with E-state index < -0.39 is 0 Å². The van der Waals surface area contributed by atoms with Gasteiger partial charge in [0.25, 0.3) is 0 Å². The molecule has 0 unspecified atom stereocenters. The average molecular weight is 141 g/mol. The molecule has 58 valence electrons. The maximum Gasteiger partial charge on any atom is 0.0927 e. The van der Waals surface area contributed by atoms with Crippen molar-refractivity contribution in [1.29, 1.82) is 0 Å². The molecule has 0 amide bonds. The highest BCUT2D eigenvalue weighted by molar-refractivity contribution is 5.17. The topological polar surface area (TPSA) is 46.2 Å². The summed E-state index contributed by atoms with van der Waals surface area (Å²) in [5, 5.41) is 8.79. The van der Waals surface area contributed by atoms with E-state index in [1.807, 2.05) is 13.8 Å². The van der Waals surface area contributed by atoms with E-state index in [1.165, 1.54) is 0 Å². The Balaban J connectivity index is 0.000000371. The molecule has 0 spiro atoms. The molecule has 0 aromatic carbocycles. The van der Waals surface area contributed by atoms with Gasteiger partial charge in [0.1, 0.15) is 0 Å². The molecule has 1 rings (SSSR count). The Hall–Kier alpha value is -0.920. The van der Waals surface area contributed by atoms with Crippen molar-refractivity contribution in [3.05, 3.63) is 23.6 Å². The van der Waals surface area contributed by atoms with Crippen LogP contribution in [0.2, 0.25) is 0 Å². The first-order valence-corrected chi connectivity index (χ1v) is 3.63. The fourth-order valence-corrected chi connectivity index (χ4v) is 0.642. The second kappa shape index (κ2) is 4.91. The maximum absolute atomic E-state index is 8.79. The number of rotatable bonds is 0. The van der Waals surface area contributed by atoms with Crippen LogP contribution in [0, 0.1) is 0 Å². The van der Waals surface area contributed by atoms with E-state index in [2.05, 4.69) is 0 Å². The van der Waals surface area contributed by atoms with Crippen molar-refractivity contribution < 1.29 is 5.11 Å². The molecule has 0 heterocycles. The SMILES string of the molecule is CC.NC1=CC=C(O)CC1. The second-order valence-corrected chi connectivity index (χ2v) is 1.90. The number of aliphatic hydroxyl groups is 1. The first kappa shape index (κ1) is 9.08. The summed E-state index contributed by atoms with van der Waals surface area (Å²) in [6, 6.07) is 0. The molecule has 0 aromatic heterocycles. The van der Waals surface area contributed by atoms with Crippen LogP contribution in [0.3, 0.4) is 0 Å². The molecule has 0 saturated heterocycles. The Morgan fingerprint density at radius 3 is 2.20 bits per heavy atom. The molecular weight excluding hydrogens is 126 g/mol. The molecule has 0 saturated carbocycles. The summed E-state index contributed by atoms with van der Waals surface area (Å²) in [4.78, 5) is 0. The fourth-order valence-electron chi connectivity index (χ4n) is 0.642. The third-order valence-corrected chi connectivity index (χ3v) is 1.16. The van der Waals surface area contributed by atoms with E-state index >= 15 is 0 Å². The molecule has 0 atom stereocenters. The number of hydrogen-bond acceptors (Lipinski definition) is 2. The van der Waals surface area contributed by atoms with Crippen molar-refractivity contribution in [1.82, 2.24) is 0 Å². The van der Waals surface area contributed by atoms with Gasteiger partial charge in [0, 0.05) is 12.1 Å². The monoisotopic (exact) mass is 141 g/mol. The van der Waals surface area contributed by atoms with Gasteiger partial charge in [-0.1, -0.05) is 13.8 Å². The highest BCUT2D eigenvalue weighted by Gasteiger charge is 1.98. The summed E-state index contributed by atoms with van der Waals surface area (Å²) in [5.74, 6) is 0.430. The van der Waals surface area contributed by atoms with Gasteiger partial charge in [-0.25, -0.2) is 0 Å². The first-order chi connectivity index (χ1) is 4.79. The van der Waals surface area contributed by atoms with Gasteiger partial charge in [-0.2, -0.15) is 0 Å². The predicted molar refractivity (Wildman–Crippen MR) is 43.6 cm³/mol. The van der Waals surface area contributed by atoms with Crippen LogP contribution >= 0.6 is 0 Å². The minimum Gasteiger partial charge on any atom is -0.512 e. The molecule has 10 heavy (non-hydrogen) atoms. The summed E-state index contributed by atoms with van der Waals surface area (Å²) in [6.45, 7) is 4.00. The summed E-state index contributed by atoms with van der Waals surface area (Å²) in [7, 11) is 0. The highest BCUT2D eigenvalue weighted by atomic mass is 16.3. The van der Waals surface area contributed by atoms with Crippen LogP contribution in [-0.4, -0.2) is 5.11 Å². The molecule has 1 aliphatic carbocycles. The summed E-state index contributed by atoms with van der Waals surface area (Å²) in [6.07, 6.45) is 4.86. The van der Waals surface area contributed by atoms with E-state index in [9.17, 15) is 0 Å². The maximum atomic E-state index is 8.79. The number of hydrogen-bond donors (Lipinski definition) is 2. The highest BCUT2D eigenvalue weighted by Crippen LogP contribution is 2.10. The summed E-state index contributed by atoms with van der Waals surface area (Å²) in [5.41, 5.74) is 6.25.